The van der Waals surface area contributed by atoms with Crippen LogP contribution in [0.5, 0.6) is 5.75 Å². The zero-order valence-corrected chi connectivity index (χ0v) is 20.2. The first-order valence-corrected chi connectivity index (χ1v) is 11.9. The van der Waals surface area contributed by atoms with E-state index in [0.717, 1.165) is 22.4 Å². The summed E-state index contributed by atoms with van der Waals surface area (Å²) >= 11 is 0. The highest BCUT2D eigenvalue weighted by Crippen LogP contribution is 2.34. The first kappa shape index (κ1) is 22.1. The number of rotatable bonds is 4. The van der Waals surface area contributed by atoms with Gasteiger partial charge in [0.2, 0.25) is 0 Å². The lowest BCUT2D eigenvalue weighted by Gasteiger charge is -2.33. The van der Waals surface area contributed by atoms with E-state index in [4.69, 9.17) is 9.84 Å². The fraction of sp³-hybridized carbons (Fsp3) is 0.259. The third kappa shape index (κ3) is 3.64. The first-order chi connectivity index (χ1) is 17.5. The molecule has 0 spiro atoms. The van der Waals surface area contributed by atoms with Gasteiger partial charge in [0.1, 0.15) is 18.4 Å². The van der Waals surface area contributed by atoms with Gasteiger partial charge in [0.15, 0.2) is 5.69 Å². The highest BCUT2D eigenvalue weighted by Gasteiger charge is 2.41. The number of fused-ring (bicyclic) bond motifs is 2. The van der Waals surface area contributed by atoms with Crippen LogP contribution in [-0.2, 0) is 24.8 Å². The molecule has 0 saturated carbocycles. The maximum Gasteiger partial charge on any atom is 0.275 e. The van der Waals surface area contributed by atoms with Crippen LogP contribution in [0.1, 0.15) is 21.6 Å². The average molecular weight is 483 g/mol. The van der Waals surface area contributed by atoms with Crippen LogP contribution < -0.4 is 9.64 Å². The molecule has 6 rings (SSSR count). The molecule has 0 saturated heterocycles. The van der Waals surface area contributed by atoms with E-state index in [2.05, 4.69) is 5.10 Å². The van der Waals surface area contributed by atoms with Gasteiger partial charge in [-0.3, -0.25) is 19.0 Å². The molecule has 2 aliphatic rings. The van der Waals surface area contributed by atoms with Crippen molar-refractivity contribution < 1.29 is 14.3 Å². The van der Waals surface area contributed by atoms with E-state index >= 15 is 0 Å². The Hall–Kier alpha value is -4.40. The van der Waals surface area contributed by atoms with Crippen LogP contribution in [0.15, 0.2) is 67.0 Å². The Morgan fingerprint density at radius 2 is 1.81 bits per heavy atom. The zero-order valence-electron chi connectivity index (χ0n) is 20.2. The minimum Gasteiger partial charge on any atom is -0.489 e. The molecule has 0 unspecified atom stereocenters. The number of carbonyl (C=O) groups excluding carboxylic acids is 2. The number of anilines is 1. The number of benzene rings is 2. The van der Waals surface area contributed by atoms with E-state index in [1.807, 2.05) is 72.5 Å². The van der Waals surface area contributed by atoms with Crippen molar-refractivity contribution in [2.24, 2.45) is 7.05 Å². The summed E-state index contributed by atoms with van der Waals surface area (Å²) in [6, 6.07) is 16.7. The van der Waals surface area contributed by atoms with Gasteiger partial charge in [0.05, 0.1) is 24.1 Å². The maximum atomic E-state index is 13.8. The number of aromatic nitrogens is 4. The van der Waals surface area contributed by atoms with Gasteiger partial charge in [-0.1, -0.05) is 42.5 Å². The monoisotopic (exact) mass is 482 g/mol. The summed E-state index contributed by atoms with van der Waals surface area (Å²) in [6.45, 7) is 1.02. The Kier molecular flexibility index (Phi) is 5.32. The Balaban J connectivity index is 1.37. The van der Waals surface area contributed by atoms with Crippen molar-refractivity contribution in [3.8, 4) is 17.0 Å². The van der Waals surface area contributed by atoms with Gasteiger partial charge in [-0.15, -0.1) is 0 Å². The molecular formula is C27H26N6O3. The first-order valence-electron chi connectivity index (χ1n) is 11.9. The number of carbonyl (C=O) groups is 2. The molecule has 0 fully saturated rings. The fourth-order valence-corrected chi connectivity index (χ4v) is 5.07. The molecule has 1 atom stereocenters. The number of nitrogens with zero attached hydrogens (tertiary/aromatic N) is 6. The number of amides is 2. The molecule has 0 aliphatic carbocycles. The molecule has 0 radical (unpaired) electrons. The standard InChI is InChI=1S/C27H26N6O3/c1-30-16-19(14-28-30)25-20-12-13-32(22-17-36-23-11-7-6-10-21(23)31(2)26(22)34)27(35)24(20)29-33(25)15-18-8-4-3-5-9-18/h3-11,14,16,22H,12-13,15,17H2,1-2H3/t22-/m0/s1. The van der Waals surface area contributed by atoms with Gasteiger partial charge in [-0.25, -0.2) is 0 Å². The summed E-state index contributed by atoms with van der Waals surface area (Å²) in [5.74, 6) is 0.203. The second kappa shape index (κ2) is 8.67. The Morgan fingerprint density at radius 3 is 2.58 bits per heavy atom. The number of aryl methyl sites for hydroxylation is 1. The molecular weight excluding hydrogens is 456 g/mol. The SMILES string of the molecule is CN1C(=O)[C@@H](N2CCc3c(nn(Cc4ccccc4)c3-c3cnn(C)c3)C2=O)COc2ccccc21. The number of ether oxygens (including phenoxy) is 1. The van der Waals surface area contributed by atoms with Crippen molar-refractivity contribution in [2.75, 3.05) is 25.1 Å². The van der Waals surface area contributed by atoms with Crippen LogP contribution in [0.3, 0.4) is 0 Å². The van der Waals surface area contributed by atoms with Crippen LogP contribution in [0.2, 0.25) is 0 Å². The predicted molar refractivity (Wildman–Crippen MR) is 134 cm³/mol. The van der Waals surface area contributed by atoms with Gasteiger partial charge in [0.25, 0.3) is 11.8 Å². The molecule has 9 heteroatoms. The van der Waals surface area contributed by atoms with Crippen molar-refractivity contribution in [3.05, 3.63) is 83.8 Å². The maximum absolute atomic E-state index is 13.8. The van der Waals surface area contributed by atoms with Crippen LogP contribution in [-0.4, -0.2) is 62.5 Å². The van der Waals surface area contributed by atoms with E-state index in [1.165, 1.54) is 0 Å². The summed E-state index contributed by atoms with van der Waals surface area (Å²) < 4.78 is 9.60. The summed E-state index contributed by atoms with van der Waals surface area (Å²) in [5.41, 5.74) is 4.85. The van der Waals surface area contributed by atoms with E-state index in [0.29, 0.717) is 36.6 Å². The second-order valence-electron chi connectivity index (χ2n) is 9.16. The molecule has 4 heterocycles. The number of hydrogen-bond acceptors (Lipinski definition) is 5. The van der Waals surface area contributed by atoms with Crippen LogP contribution in [0, 0.1) is 0 Å². The normalized spacial score (nSPS) is 17.4. The van der Waals surface area contributed by atoms with Crippen LogP contribution >= 0.6 is 0 Å². The van der Waals surface area contributed by atoms with Crippen LogP contribution in [0.25, 0.3) is 11.3 Å². The zero-order chi connectivity index (χ0) is 24.8. The molecule has 2 aromatic heterocycles. The Bertz CT molecular complexity index is 1460. The quantitative estimate of drug-likeness (QED) is 0.447. The lowest BCUT2D eigenvalue weighted by Crippen LogP contribution is -2.54. The average Bonchev–Trinajstić information content (AvgIpc) is 3.45. The minimum absolute atomic E-state index is 0.0987. The highest BCUT2D eigenvalue weighted by atomic mass is 16.5. The van der Waals surface area contributed by atoms with E-state index in [1.54, 1.807) is 27.7 Å². The number of likely N-dealkylation sites (N-methyl/N-ethyl adjacent to an activating group) is 1. The molecule has 2 aromatic carbocycles. The molecule has 4 aromatic rings. The summed E-state index contributed by atoms with van der Waals surface area (Å²) in [6.07, 6.45) is 4.31. The lowest BCUT2D eigenvalue weighted by atomic mass is 9.99. The van der Waals surface area contributed by atoms with Gasteiger partial charge >= 0.3 is 0 Å². The number of hydrogen-bond donors (Lipinski definition) is 0. The molecule has 9 nitrogen and oxygen atoms in total. The van der Waals surface area contributed by atoms with Crippen molar-refractivity contribution >= 4 is 17.5 Å². The highest BCUT2D eigenvalue weighted by molar-refractivity contribution is 6.04. The summed E-state index contributed by atoms with van der Waals surface area (Å²) in [7, 11) is 3.59. The van der Waals surface area contributed by atoms with E-state index in [9.17, 15) is 9.59 Å². The Labute approximate surface area is 208 Å². The van der Waals surface area contributed by atoms with Gasteiger partial charge in [-0.05, 0) is 24.1 Å². The van der Waals surface area contributed by atoms with Gasteiger partial charge in [0, 0.05) is 38.0 Å². The molecule has 0 N–H and O–H groups in total. The third-order valence-electron chi connectivity index (χ3n) is 6.89. The van der Waals surface area contributed by atoms with Crippen molar-refractivity contribution in [1.82, 2.24) is 24.5 Å². The Morgan fingerprint density at radius 1 is 1.03 bits per heavy atom. The molecule has 0 bridgehead atoms. The molecule has 2 amide bonds. The van der Waals surface area contributed by atoms with Gasteiger partial charge < -0.3 is 14.5 Å². The second-order valence-corrected chi connectivity index (χ2v) is 9.16. The van der Waals surface area contributed by atoms with E-state index < -0.39 is 6.04 Å². The summed E-state index contributed by atoms with van der Waals surface area (Å²) in [5, 5.41) is 9.13. The molecule has 182 valence electrons. The lowest BCUT2D eigenvalue weighted by molar-refractivity contribution is -0.123. The predicted octanol–water partition coefficient (Wildman–Crippen LogP) is 2.75. The fourth-order valence-electron chi connectivity index (χ4n) is 5.07. The third-order valence-corrected chi connectivity index (χ3v) is 6.89. The summed E-state index contributed by atoms with van der Waals surface area (Å²) in [4.78, 5) is 30.4. The van der Waals surface area contributed by atoms with Crippen molar-refractivity contribution in [1.29, 1.82) is 0 Å². The van der Waals surface area contributed by atoms with Gasteiger partial charge in [-0.2, -0.15) is 10.2 Å². The largest absolute Gasteiger partial charge is 0.489 e. The van der Waals surface area contributed by atoms with Crippen molar-refractivity contribution in [2.45, 2.75) is 19.0 Å². The number of para-hydroxylation sites is 2. The van der Waals surface area contributed by atoms with Crippen molar-refractivity contribution in [3.63, 3.8) is 0 Å². The smallest absolute Gasteiger partial charge is 0.275 e. The van der Waals surface area contributed by atoms with Crippen LogP contribution in [0.4, 0.5) is 5.69 Å². The topological polar surface area (TPSA) is 85.5 Å². The van der Waals surface area contributed by atoms with E-state index in [-0.39, 0.29) is 18.4 Å². The molecule has 2 aliphatic heterocycles. The molecule has 36 heavy (non-hydrogen) atoms. The minimum atomic E-state index is -0.732.